The van der Waals surface area contributed by atoms with Crippen molar-refractivity contribution >= 4 is 26.7 Å². The van der Waals surface area contributed by atoms with Gasteiger partial charge in [0.25, 0.3) is 5.91 Å². The molecular weight excluding hydrogens is 358 g/mol. The molecule has 1 atom stereocenters. The Morgan fingerprint density at radius 1 is 1.35 bits per heavy atom. The molecule has 140 valence electrons. The highest BCUT2D eigenvalue weighted by Gasteiger charge is 2.39. The monoisotopic (exact) mass is 379 g/mol. The molecule has 1 N–H and O–H groups in total. The van der Waals surface area contributed by atoms with E-state index >= 15 is 0 Å². The minimum absolute atomic E-state index is 0.0643. The van der Waals surface area contributed by atoms with Crippen LogP contribution in [0.5, 0.6) is 5.75 Å². The Morgan fingerprint density at radius 3 is 2.73 bits per heavy atom. The van der Waals surface area contributed by atoms with Gasteiger partial charge in [-0.25, -0.2) is 13.2 Å². The number of benzene rings is 1. The molecule has 8 heteroatoms. The summed E-state index contributed by atoms with van der Waals surface area (Å²) in [6.45, 7) is 5.04. The molecule has 0 aliphatic carbocycles. The van der Waals surface area contributed by atoms with E-state index in [2.05, 4.69) is 5.32 Å². The molecule has 1 aromatic carbocycles. The zero-order chi connectivity index (χ0) is 19.1. The molecular formula is C18H21NO6S. The van der Waals surface area contributed by atoms with Crippen molar-refractivity contribution in [2.75, 3.05) is 18.1 Å². The van der Waals surface area contributed by atoms with E-state index in [0.29, 0.717) is 23.3 Å². The number of carbonyl (C=O) groups excluding carboxylic acids is 1. The molecule has 0 spiro atoms. The Bertz CT molecular complexity index is 1040. The van der Waals surface area contributed by atoms with Gasteiger partial charge in [0.2, 0.25) is 0 Å². The second kappa shape index (κ2) is 6.42. The number of sulfone groups is 1. The Balaban J connectivity index is 1.73. The van der Waals surface area contributed by atoms with Gasteiger partial charge < -0.3 is 14.5 Å². The number of nitrogens with one attached hydrogen (secondary N) is 1. The molecule has 26 heavy (non-hydrogen) atoms. The average Bonchev–Trinajstić information content (AvgIpc) is 2.80. The second-order valence-corrected chi connectivity index (χ2v) is 9.24. The normalized spacial score (nSPS) is 21.7. The van der Waals surface area contributed by atoms with Crippen molar-refractivity contribution in [3.8, 4) is 5.75 Å². The summed E-state index contributed by atoms with van der Waals surface area (Å²) in [6.07, 6.45) is 0.389. The number of hydrogen-bond acceptors (Lipinski definition) is 6. The van der Waals surface area contributed by atoms with Crippen molar-refractivity contribution in [3.63, 3.8) is 0 Å². The Morgan fingerprint density at radius 2 is 2.08 bits per heavy atom. The zero-order valence-corrected chi connectivity index (χ0v) is 15.7. The molecule has 1 fully saturated rings. The van der Waals surface area contributed by atoms with E-state index in [9.17, 15) is 18.0 Å². The lowest BCUT2D eigenvalue weighted by atomic mass is 10.0. The van der Waals surface area contributed by atoms with Gasteiger partial charge in [0.1, 0.15) is 11.3 Å². The Hall–Kier alpha value is -2.35. The molecule has 1 saturated heterocycles. The molecule has 2 heterocycles. The summed E-state index contributed by atoms with van der Waals surface area (Å²) in [5, 5.41) is 3.55. The predicted molar refractivity (Wildman–Crippen MR) is 97.3 cm³/mol. The lowest BCUT2D eigenvalue weighted by Crippen LogP contribution is -2.48. The van der Waals surface area contributed by atoms with Crippen LogP contribution in [0.25, 0.3) is 11.0 Å². The number of aryl methyl sites for hydroxylation is 2. The maximum absolute atomic E-state index is 12.2. The van der Waals surface area contributed by atoms with E-state index in [0.717, 1.165) is 10.9 Å². The van der Waals surface area contributed by atoms with Gasteiger partial charge in [-0.3, -0.25) is 4.79 Å². The molecule has 0 unspecified atom stereocenters. The summed E-state index contributed by atoms with van der Waals surface area (Å²) in [5.74, 6) is 0.0539. The maximum Gasteiger partial charge on any atom is 0.336 e. The molecule has 1 amide bonds. The van der Waals surface area contributed by atoms with Gasteiger partial charge in [-0.1, -0.05) is 0 Å². The summed E-state index contributed by atoms with van der Waals surface area (Å²) in [6, 6.07) is 4.92. The van der Waals surface area contributed by atoms with E-state index in [1.165, 1.54) is 6.07 Å². The molecule has 0 radical (unpaired) electrons. The van der Waals surface area contributed by atoms with Crippen molar-refractivity contribution in [3.05, 3.63) is 39.7 Å². The van der Waals surface area contributed by atoms with Gasteiger partial charge in [-0.15, -0.1) is 0 Å². The first-order valence-corrected chi connectivity index (χ1v) is 10.1. The molecule has 0 saturated carbocycles. The van der Waals surface area contributed by atoms with Crippen LogP contribution in [0.1, 0.15) is 24.5 Å². The third kappa shape index (κ3) is 3.75. The van der Waals surface area contributed by atoms with Gasteiger partial charge in [0.05, 0.1) is 17.0 Å². The first-order valence-electron chi connectivity index (χ1n) is 8.27. The lowest BCUT2D eigenvalue weighted by molar-refractivity contribution is -0.124. The zero-order valence-electron chi connectivity index (χ0n) is 14.9. The topological polar surface area (TPSA) is 103 Å². The van der Waals surface area contributed by atoms with Crippen molar-refractivity contribution in [2.24, 2.45) is 0 Å². The van der Waals surface area contributed by atoms with Crippen LogP contribution in [0, 0.1) is 13.8 Å². The summed E-state index contributed by atoms with van der Waals surface area (Å²) < 4.78 is 34.1. The fourth-order valence-corrected chi connectivity index (χ4v) is 5.37. The van der Waals surface area contributed by atoms with Gasteiger partial charge >= 0.3 is 5.63 Å². The minimum atomic E-state index is -3.10. The number of hydrogen-bond donors (Lipinski definition) is 1. The molecule has 1 aromatic heterocycles. The molecule has 3 rings (SSSR count). The fourth-order valence-electron chi connectivity index (χ4n) is 3.28. The van der Waals surface area contributed by atoms with Crippen molar-refractivity contribution < 1.29 is 22.4 Å². The SMILES string of the molecule is Cc1cc(=O)oc2c(C)c(OCC(=O)N[C@@]3(C)CCS(=O)(=O)C3)ccc12. The standard InChI is InChI=1S/C18H21NO6S/c1-11-8-16(21)25-17-12(2)14(5-4-13(11)17)24-9-15(20)19-18(3)6-7-26(22,23)10-18/h4-5,8H,6-7,9-10H2,1-3H3,(H,19,20)/t18-/m0/s1. The van der Waals surface area contributed by atoms with Gasteiger partial charge in [0, 0.05) is 17.0 Å². The Kier molecular flexibility index (Phi) is 4.56. The third-order valence-electron chi connectivity index (χ3n) is 4.62. The molecule has 1 aliphatic rings. The quantitative estimate of drug-likeness (QED) is 0.807. The number of carbonyl (C=O) groups is 1. The van der Waals surface area contributed by atoms with Gasteiger partial charge in [-0.05, 0) is 44.9 Å². The maximum atomic E-state index is 12.2. The number of amides is 1. The van der Waals surface area contributed by atoms with Crippen LogP contribution in [0.4, 0.5) is 0 Å². The van der Waals surface area contributed by atoms with Crippen LogP contribution >= 0.6 is 0 Å². The first-order chi connectivity index (χ1) is 12.1. The average molecular weight is 379 g/mol. The molecule has 0 bridgehead atoms. The second-order valence-electron chi connectivity index (χ2n) is 7.05. The van der Waals surface area contributed by atoms with E-state index in [1.807, 2.05) is 6.92 Å². The summed E-state index contributed by atoms with van der Waals surface area (Å²) in [4.78, 5) is 23.8. The minimum Gasteiger partial charge on any atom is -0.483 e. The van der Waals surface area contributed by atoms with Crippen LogP contribution in [0.3, 0.4) is 0 Å². The summed E-state index contributed by atoms with van der Waals surface area (Å²) >= 11 is 0. The van der Waals surface area contributed by atoms with E-state index in [4.69, 9.17) is 9.15 Å². The van der Waals surface area contributed by atoms with Crippen LogP contribution in [0.2, 0.25) is 0 Å². The largest absolute Gasteiger partial charge is 0.483 e. The number of ether oxygens (including phenoxy) is 1. The molecule has 2 aromatic rings. The highest BCUT2D eigenvalue weighted by atomic mass is 32.2. The van der Waals surface area contributed by atoms with Crippen LogP contribution < -0.4 is 15.7 Å². The van der Waals surface area contributed by atoms with Crippen LogP contribution in [-0.4, -0.2) is 38.0 Å². The van der Waals surface area contributed by atoms with Crippen LogP contribution in [0.15, 0.2) is 27.4 Å². The van der Waals surface area contributed by atoms with E-state index in [-0.39, 0.29) is 18.1 Å². The fraction of sp³-hybridized carbons (Fsp3) is 0.444. The van der Waals surface area contributed by atoms with E-state index < -0.39 is 26.9 Å². The lowest BCUT2D eigenvalue weighted by Gasteiger charge is -2.24. The Labute approximate surface area is 151 Å². The van der Waals surface area contributed by atoms with E-state index in [1.54, 1.807) is 26.0 Å². The third-order valence-corrected chi connectivity index (χ3v) is 6.52. The van der Waals surface area contributed by atoms with Gasteiger partial charge in [-0.2, -0.15) is 0 Å². The van der Waals surface area contributed by atoms with Crippen molar-refractivity contribution in [1.29, 1.82) is 0 Å². The van der Waals surface area contributed by atoms with Gasteiger partial charge in [0.15, 0.2) is 16.4 Å². The smallest absolute Gasteiger partial charge is 0.336 e. The predicted octanol–water partition coefficient (Wildman–Crippen LogP) is 1.48. The van der Waals surface area contributed by atoms with Crippen LogP contribution in [-0.2, 0) is 14.6 Å². The first kappa shape index (κ1) is 18.4. The number of rotatable bonds is 4. The van der Waals surface area contributed by atoms with Crippen molar-refractivity contribution in [2.45, 2.75) is 32.7 Å². The number of fused-ring (bicyclic) bond motifs is 1. The molecule has 7 nitrogen and oxygen atoms in total. The summed E-state index contributed by atoms with van der Waals surface area (Å²) in [5.41, 5.74) is 0.664. The highest BCUT2D eigenvalue weighted by Crippen LogP contribution is 2.28. The summed E-state index contributed by atoms with van der Waals surface area (Å²) in [7, 11) is -3.10. The highest BCUT2D eigenvalue weighted by molar-refractivity contribution is 7.91. The van der Waals surface area contributed by atoms with Crippen molar-refractivity contribution in [1.82, 2.24) is 5.32 Å². The molecule has 1 aliphatic heterocycles.